The van der Waals surface area contributed by atoms with E-state index in [4.69, 9.17) is 0 Å². The number of allylic oxidation sites excluding steroid dienone is 2. The predicted octanol–water partition coefficient (Wildman–Crippen LogP) is 1.25. The molecule has 1 N–H and O–H groups in total. The average Bonchev–Trinajstić information content (AvgIpc) is 3.23. The summed E-state index contributed by atoms with van der Waals surface area (Å²) in [5.41, 5.74) is 0. The van der Waals surface area contributed by atoms with E-state index in [-0.39, 0.29) is 23.7 Å². The van der Waals surface area contributed by atoms with E-state index in [9.17, 15) is 14.7 Å². The van der Waals surface area contributed by atoms with Crippen LogP contribution in [-0.2, 0) is 9.59 Å². The van der Waals surface area contributed by atoms with Gasteiger partial charge in [-0.1, -0.05) is 18.2 Å². The van der Waals surface area contributed by atoms with Gasteiger partial charge in [0.1, 0.15) is 5.82 Å². The Morgan fingerprint density at radius 3 is 2.38 bits per heavy atom. The third kappa shape index (κ3) is 2.46. The van der Waals surface area contributed by atoms with Gasteiger partial charge in [0, 0.05) is 32.4 Å². The number of carbonyl (C=O) groups is 2. The van der Waals surface area contributed by atoms with E-state index < -0.39 is 11.9 Å². The van der Waals surface area contributed by atoms with Crippen molar-refractivity contribution in [2.24, 2.45) is 23.7 Å². The first-order valence-electron chi connectivity index (χ1n) is 8.51. The molecule has 24 heavy (non-hydrogen) atoms. The van der Waals surface area contributed by atoms with E-state index in [2.05, 4.69) is 9.88 Å². The van der Waals surface area contributed by atoms with Gasteiger partial charge in [-0.15, -0.1) is 0 Å². The highest BCUT2D eigenvalue weighted by Gasteiger charge is 2.52. The third-order valence-corrected chi connectivity index (χ3v) is 5.59. The smallest absolute Gasteiger partial charge is 0.307 e. The highest BCUT2D eigenvalue weighted by molar-refractivity contribution is 5.87. The lowest BCUT2D eigenvalue weighted by Gasteiger charge is -2.38. The first-order chi connectivity index (χ1) is 11.6. The van der Waals surface area contributed by atoms with Gasteiger partial charge < -0.3 is 14.9 Å². The summed E-state index contributed by atoms with van der Waals surface area (Å²) in [4.78, 5) is 32.9. The van der Waals surface area contributed by atoms with E-state index in [0.29, 0.717) is 13.1 Å². The van der Waals surface area contributed by atoms with Crippen LogP contribution in [-0.4, -0.2) is 53.0 Å². The molecule has 2 fully saturated rings. The van der Waals surface area contributed by atoms with Crippen molar-refractivity contribution in [3.8, 4) is 0 Å². The van der Waals surface area contributed by atoms with Crippen LogP contribution in [0, 0.1) is 23.7 Å². The molecule has 2 bridgehead atoms. The van der Waals surface area contributed by atoms with Crippen LogP contribution in [0.15, 0.2) is 36.5 Å². The molecule has 1 aromatic rings. The lowest BCUT2D eigenvalue weighted by atomic mass is 9.82. The molecule has 126 valence electrons. The quantitative estimate of drug-likeness (QED) is 0.846. The Labute approximate surface area is 140 Å². The maximum atomic E-state index is 12.9. The highest BCUT2D eigenvalue weighted by atomic mass is 16.4. The molecule has 4 atom stereocenters. The normalized spacial score (nSPS) is 31.5. The number of fused-ring (bicyclic) bond motifs is 2. The summed E-state index contributed by atoms with van der Waals surface area (Å²) in [6.07, 6.45) is 6.59. The maximum Gasteiger partial charge on any atom is 0.307 e. The average molecular weight is 327 g/mol. The number of carbonyl (C=O) groups excluding carboxylic acids is 1. The summed E-state index contributed by atoms with van der Waals surface area (Å²) in [6, 6.07) is 5.82. The number of rotatable bonds is 3. The molecule has 2 heterocycles. The van der Waals surface area contributed by atoms with Crippen LogP contribution >= 0.6 is 0 Å². The van der Waals surface area contributed by atoms with Crippen molar-refractivity contribution < 1.29 is 14.7 Å². The van der Waals surface area contributed by atoms with Gasteiger partial charge in [-0.05, 0) is 30.4 Å². The van der Waals surface area contributed by atoms with Crippen molar-refractivity contribution in [1.82, 2.24) is 9.88 Å². The number of carboxylic acids is 1. The van der Waals surface area contributed by atoms with Crippen LogP contribution in [0.4, 0.5) is 5.82 Å². The number of aliphatic carboxylic acids is 1. The SMILES string of the molecule is O=C(O)[C@H]1[C@H](C(=O)N2CCN(c3ccccn3)CC2)[C@H]2C=C[C@H]1C2. The molecule has 1 aromatic heterocycles. The van der Waals surface area contributed by atoms with Gasteiger partial charge in [-0.3, -0.25) is 9.59 Å². The van der Waals surface area contributed by atoms with Crippen LogP contribution in [0.5, 0.6) is 0 Å². The van der Waals surface area contributed by atoms with Gasteiger partial charge in [-0.25, -0.2) is 4.98 Å². The number of aromatic nitrogens is 1. The molecule has 3 aliphatic rings. The summed E-state index contributed by atoms with van der Waals surface area (Å²) in [6.45, 7) is 2.72. The van der Waals surface area contributed by atoms with Gasteiger partial charge >= 0.3 is 5.97 Å². The van der Waals surface area contributed by atoms with E-state index in [0.717, 1.165) is 25.3 Å². The minimum atomic E-state index is -0.836. The van der Waals surface area contributed by atoms with Crippen LogP contribution < -0.4 is 4.90 Å². The van der Waals surface area contributed by atoms with Crippen molar-refractivity contribution in [1.29, 1.82) is 0 Å². The van der Waals surface area contributed by atoms with Gasteiger partial charge in [0.25, 0.3) is 0 Å². The Hall–Kier alpha value is -2.37. The third-order valence-electron chi connectivity index (χ3n) is 5.59. The first kappa shape index (κ1) is 15.2. The van der Waals surface area contributed by atoms with Gasteiger partial charge in [0.15, 0.2) is 0 Å². The van der Waals surface area contributed by atoms with Crippen molar-refractivity contribution in [3.63, 3.8) is 0 Å². The number of hydrogen-bond acceptors (Lipinski definition) is 4. The number of anilines is 1. The van der Waals surface area contributed by atoms with Crippen molar-refractivity contribution in [2.45, 2.75) is 6.42 Å². The summed E-state index contributed by atoms with van der Waals surface area (Å²) in [5.74, 6) is -0.720. The van der Waals surface area contributed by atoms with E-state index in [1.165, 1.54) is 0 Å². The van der Waals surface area contributed by atoms with E-state index in [1.54, 1.807) is 6.20 Å². The Kier molecular flexibility index (Phi) is 3.75. The zero-order valence-corrected chi connectivity index (χ0v) is 13.4. The molecule has 4 rings (SSSR count). The molecule has 2 aliphatic carbocycles. The van der Waals surface area contributed by atoms with Crippen LogP contribution in [0.3, 0.4) is 0 Å². The molecule has 0 spiro atoms. The number of pyridine rings is 1. The Balaban J connectivity index is 1.43. The molecular formula is C18H21N3O3. The minimum Gasteiger partial charge on any atom is -0.481 e. The summed E-state index contributed by atoms with van der Waals surface area (Å²) < 4.78 is 0. The standard InChI is InChI=1S/C18H21N3O3/c22-17(15-12-4-5-13(11-12)16(15)18(23)24)21-9-7-20(8-10-21)14-3-1-2-6-19-14/h1-6,12-13,15-16H,7-11H2,(H,23,24)/t12-,13-,15+,16+/m0/s1. The molecule has 0 aromatic carbocycles. The summed E-state index contributed by atoms with van der Waals surface area (Å²) in [5, 5.41) is 9.52. The van der Waals surface area contributed by atoms with Crippen LogP contribution in [0.25, 0.3) is 0 Å². The fourth-order valence-corrected chi connectivity index (χ4v) is 4.40. The molecule has 6 heteroatoms. The summed E-state index contributed by atoms with van der Waals surface area (Å²) in [7, 11) is 0. The monoisotopic (exact) mass is 327 g/mol. The molecule has 0 radical (unpaired) electrons. The number of carboxylic acid groups (broad SMARTS) is 1. The minimum absolute atomic E-state index is 0.0138. The topological polar surface area (TPSA) is 73.7 Å². The molecular weight excluding hydrogens is 306 g/mol. The van der Waals surface area contributed by atoms with Crippen molar-refractivity contribution in [3.05, 3.63) is 36.5 Å². The molecule has 1 aliphatic heterocycles. The largest absolute Gasteiger partial charge is 0.481 e. The molecule has 1 amide bonds. The number of nitrogens with zero attached hydrogens (tertiary/aromatic N) is 3. The van der Waals surface area contributed by atoms with Crippen LogP contribution in [0.1, 0.15) is 6.42 Å². The van der Waals surface area contributed by atoms with E-state index >= 15 is 0 Å². The zero-order chi connectivity index (χ0) is 16.7. The predicted molar refractivity (Wildman–Crippen MR) is 88.4 cm³/mol. The Morgan fingerprint density at radius 1 is 1.04 bits per heavy atom. The van der Waals surface area contributed by atoms with Crippen LogP contribution in [0.2, 0.25) is 0 Å². The van der Waals surface area contributed by atoms with Crippen molar-refractivity contribution in [2.75, 3.05) is 31.1 Å². The van der Waals surface area contributed by atoms with Gasteiger partial charge in [0.2, 0.25) is 5.91 Å². The fraction of sp³-hybridized carbons (Fsp3) is 0.500. The summed E-state index contributed by atoms with van der Waals surface area (Å²) >= 11 is 0. The van der Waals surface area contributed by atoms with E-state index in [1.807, 2.05) is 35.3 Å². The molecule has 0 unspecified atom stereocenters. The Bertz CT molecular complexity index is 667. The second kappa shape index (κ2) is 5.92. The maximum absolute atomic E-state index is 12.9. The zero-order valence-electron chi connectivity index (χ0n) is 13.4. The molecule has 1 saturated carbocycles. The lowest BCUT2D eigenvalue weighted by molar-refractivity contribution is -0.151. The van der Waals surface area contributed by atoms with Gasteiger partial charge in [-0.2, -0.15) is 0 Å². The second-order valence-corrected chi connectivity index (χ2v) is 6.84. The number of piperazine rings is 1. The molecule has 1 saturated heterocycles. The lowest BCUT2D eigenvalue weighted by Crippen LogP contribution is -2.52. The molecule has 6 nitrogen and oxygen atoms in total. The van der Waals surface area contributed by atoms with Crippen molar-refractivity contribution >= 4 is 17.7 Å². The van der Waals surface area contributed by atoms with Gasteiger partial charge in [0.05, 0.1) is 11.8 Å². The first-order valence-corrected chi connectivity index (χ1v) is 8.51. The Morgan fingerprint density at radius 2 is 1.75 bits per heavy atom. The highest BCUT2D eigenvalue weighted by Crippen LogP contribution is 2.48. The fourth-order valence-electron chi connectivity index (χ4n) is 4.40. The number of hydrogen-bond donors (Lipinski definition) is 1. The number of amides is 1. The second-order valence-electron chi connectivity index (χ2n) is 6.84.